The SMILES string of the molecule is CCOc1cc(C)c(C(=O)CCNC)cc1Cl. The van der Waals surface area contributed by atoms with Crippen molar-refractivity contribution in [2.75, 3.05) is 20.2 Å². The predicted molar refractivity (Wildman–Crippen MR) is 70.2 cm³/mol. The summed E-state index contributed by atoms with van der Waals surface area (Å²) in [6.07, 6.45) is 0.474. The van der Waals surface area contributed by atoms with Crippen LogP contribution < -0.4 is 10.1 Å². The highest BCUT2D eigenvalue weighted by molar-refractivity contribution is 6.32. The fourth-order valence-corrected chi connectivity index (χ4v) is 1.81. The first kappa shape index (κ1) is 14.0. The van der Waals surface area contributed by atoms with Crippen molar-refractivity contribution in [3.63, 3.8) is 0 Å². The minimum absolute atomic E-state index is 0.0989. The van der Waals surface area contributed by atoms with E-state index in [4.69, 9.17) is 16.3 Å². The number of hydrogen-bond acceptors (Lipinski definition) is 3. The minimum atomic E-state index is 0.0989. The first-order valence-corrected chi connectivity index (χ1v) is 6.08. The number of Topliss-reactive ketones (excluding diaryl/α,β-unsaturated/α-hetero) is 1. The molecule has 94 valence electrons. The summed E-state index contributed by atoms with van der Waals surface area (Å²) in [4.78, 5) is 11.9. The van der Waals surface area contributed by atoms with Gasteiger partial charge in [0, 0.05) is 18.5 Å². The molecule has 1 N–H and O–H groups in total. The topological polar surface area (TPSA) is 38.3 Å². The molecule has 0 spiro atoms. The van der Waals surface area contributed by atoms with Crippen LogP contribution in [0.15, 0.2) is 12.1 Å². The quantitative estimate of drug-likeness (QED) is 0.795. The van der Waals surface area contributed by atoms with E-state index in [1.807, 2.05) is 27.0 Å². The Bertz CT molecular complexity index is 405. The zero-order chi connectivity index (χ0) is 12.8. The maximum atomic E-state index is 11.9. The van der Waals surface area contributed by atoms with Gasteiger partial charge in [0.25, 0.3) is 0 Å². The molecule has 0 unspecified atom stereocenters. The van der Waals surface area contributed by atoms with Crippen LogP contribution >= 0.6 is 11.6 Å². The second-order valence-corrected chi connectivity index (χ2v) is 4.21. The lowest BCUT2D eigenvalue weighted by molar-refractivity contribution is 0.0982. The Morgan fingerprint density at radius 3 is 2.76 bits per heavy atom. The van der Waals surface area contributed by atoms with Gasteiger partial charge in [-0.1, -0.05) is 11.6 Å². The van der Waals surface area contributed by atoms with E-state index in [9.17, 15) is 4.79 Å². The molecular weight excluding hydrogens is 238 g/mol. The Morgan fingerprint density at radius 2 is 2.18 bits per heavy atom. The number of halogens is 1. The first-order valence-electron chi connectivity index (χ1n) is 5.70. The van der Waals surface area contributed by atoms with E-state index in [2.05, 4.69) is 5.32 Å². The Kier molecular flexibility index (Phi) is 5.45. The average Bonchev–Trinajstić information content (AvgIpc) is 2.30. The Labute approximate surface area is 107 Å². The van der Waals surface area contributed by atoms with Crippen LogP contribution in [-0.2, 0) is 0 Å². The third-order valence-corrected chi connectivity index (χ3v) is 2.78. The third-order valence-electron chi connectivity index (χ3n) is 2.48. The van der Waals surface area contributed by atoms with Gasteiger partial charge in [-0.3, -0.25) is 4.79 Å². The van der Waals surface area contributed by atoms with E-state index in [1.54, 1.807) is 6.07 Å². The number of rotatable bonds is 6. The molecule has 3 nitrogen and oxygen atoms in total. The highest BCUT2D eigenvalue weighted by Gasteiger charge is 2.12. The van der Waals surface area contributed by atoms with E-state index < -0.39 is 0 Å². The van der Waals surface area contributed by atoms with Crippen LogP contribution in [0, 0.1) is 6.92 Å². The molecule has 17 heavy (non-hydrogen) atoms. The first-order chi connectivity index (χ1) is 8.10. The van der Waals surface area contributed by atoms with Crippen molar-refractivity contribution in [3.05, 3.63) is 28.3 Å². The summed E-state index contributed by atoms with van der Waals surface area (Å²) in [7, 11) is 1.82. The van der Waals surface area contributed by atoms with E-state index >= 15 is 0 Å². The number of aryl methyl sites for hydroxylation is 1. The Balaban J connectivity index is 2.94. The van der Waals surface area contributed by atoms with Gasteiger partial charge in [-0.2, -0.15) is 0 Å². The highest BCUT2D eigenvalue weighted by atomic mass is 35.5. The summed E-state index contributed by atoms with van der Waals surface area (Å²) in [5, 5.41) is 3.45. The molecule has 0 atom stereocenters. The van der Waals surface area contributed by atoms with Gasteiger partial charge in [0.1, 0.15) is 5.75 Å². The lowest BCUT2D eigenvalue weighted by Crippen LogP contribution is -2.14. The number of carbonyl (C=O) groups is 1. The van der Waals surface area contributed by atoms with Crippen molar-refractivity contribution in [2.45, 2.75) is 20.3 Å². The maximum Gasteiger partial charge on any atom is 0.164 e. The van der Waals surface area contributed by atoms with Crippen LogP contribution in [0.3, 0.4) is 0 Å². The number of benzene rings is 1. The molecule has 0 saturated carbocycles. The standard InChI is InChI=1S/C13H18ClNO2/c1-4-17-13-7-9(2)10(8-11(13)14)12(16)5-6-15-3/h7-8,15H,4-6H2,1-3H3. The van der Waals surface area contributed by atoms with E-state index in [0.29, 0.717) is 35.9 Å². The second-order valence-electron chi connectivity index (χ2n) is 3.81. The molecule has 1 aromatic rings. The molecule has 0 heterocycles. The second kappa shape index (κ2) is 6.62. The van der Waals surface area contributed by atoms with Crippen LogP contribution in [-0.4, -0.2) is 26.0 Å². The van der Waals surface area contributed by atoms with Gasteiger partial charge in [-0.05, 0) is 38.6 Å². The van der Waals surface area contributed by atoms with E-state index in [0.717, 1.165) is 5.56 Å². The number of ketones is 1. The zero-order valence-corrected chi connectivity index (χ0v) is 11.2. The molecular formula is C13H18ClNO2. The molecule has 0 bridgehead atoms. The summed E-state index contributed by atoms with van der Waals surface area (Å²) < 4.78 is 5.38. The number of hydrogen-bond donors (Lipinski definition) is 1. The maximum absolute atomic E-state index is 11.9. The summed E-state index contributed by atoms with van der Waals surface area (Å²) in [6, 6.07) is 3.51. The third kappa shape index (κ3) is 3.72. The van der Waals surface area contributed by atoms with Gasteiger partial charge >= 0.3 is 0 Å². The molecule has 0 aliphatic rings. The molecule has 4 heteroatoms. The number of carbonyl (C=O) groups excluding carboxylic acids is 1. The lowest BCUT2D eigenvalue weighted by atomic mass is 10.0. The molecule has 1 rings (SSSR count). The summed E-state index contributed by atoms with van der Waals surface area (Å²) in [5.74, 6) is 0.735. The number of nitrogens with one attached hydrogen (secondary N) is 1. The average molecular weight is 256 g/mol. The van der Waals surface area contributed by atoms with Gasteiger partial charge in [0.15, 0.2) is 5.78 Å². The van der Waals surface area contributed by atoms with Gasteiger partial charge < -0.3 is 10.1 Å². The molecule has 0 aliphatic heterocycles. The van der Waals surface area contributed by atoms with Gasteiger partial charge in [0.2, 0.25) is 0 Å². The van der Waals surface area contributed by atoms with Crippen molar-refractivity contribution in [2.24, 2.45) is 0 Å². The van der Waals surface area contributed by atoms with Crippen LogP contribution in [0.1, 0.15) is 29.3 Å². The van der Waals surface area contributed by atoms with Crippen LogP contribution in [0.2, 0.25) is 5.02 Å². The Hall–Kier alpha value is -1.06. The van der Waals surface area contributed by atoms with Crippen molar-refractivity contribution < 1.29 is 9.53 Å². The monoisotopic (exact) mass is 255 g/mol. The summed E-state index contributed by atoms with van der Waals surface area (Å²) >= 11 is 6.07. The van der Waals surface area contributed by atoms with Gasteiger partial charge in [-0.25, -0.2) is 0 Å². The van der Waals surface area contributed by atoms with E-state index in [-0.39, 0.29) is 5.78 Å². The van der Waals surface area contributed by atoms with Crippen molar-refractivity contribution in [3.8, 4) is 5.75 Å². The predicted octanol–water partition coefficient (Wildman–Crippen LogP) is 2.84. The molecule has 0 aliphatic carbocycles. The van der Waals surface area contributed by atoms with Crippen LogP contribution in [0.25, 0.3) is 0 Å². The normalized spacial score (nSPS) is 10.4. The van der Waals surface area contributed by atoms with Crippen molar-refractivity contribution in [1.82, 2.24) is 5.32 Å². The van der Waals surface area contributed by atoms with Crippen molar-refractivity contribution >= 4 is 17.4 Å². The van der Waals surface area contributed by atoms with Gasteiger partial charge in [-0.15, -0.1) is 0 Å². The van der Waals surface area contributed by atoms with E-state index in [1.165, 1.54) is 0 Å². The Morgan fingerprint density at radius 1 is 1.47 bits per heavy atom. The summed E-state index contributed by atoms with van der Waals surface area (Å²) in [6.45, 7) is 5.03. The van der Waals surface area contributed by atoms with Crippen molar-refractivity contribution in [1.29, 1.82) is 0 Å². The molecule has 0 amide bonds. The molecule has 0 fully saturated rings. The largest absolute Gasteiger partial charge is 0.492 e. The van der Waals surface area contributed by atoms with Crippen LogP contribution in [0.5, 0.6) is 5.75 Å². The lowest BCUT2D eigenvalue weighted by Gasteiger charge is -2.10. The molecule has 0 aromatic heterocycles. The number of ether oxygens (including phenoxy) is 1. The van der Waals surface area contributed by atoms with Gasteiger partial charge in [0.05, 0.1) is 11.6 Å². The molecule has 0 radical (unpaired) electrons. The fraction of sp³-hybridized carbons (Fsp3) is 0.462. The molecule has 1 aromatic carbocycles. The zero-order valence-electron chi connectivity index (χ0n) is 10.5. The van der Waals surface area contributed by atoms with Crippen LogP contribution in [0.4, 0.5) is 0 Å². The smallest absolute Gasteiger partial charge is 0.164 e. The minimum Gasteiger partial charge on any atom is -0.492 e. The molecule has 0 saturated heterocycles. The fourth-order valence-electron chi connectivity index (χ4n) is 1.59. The summed E-state index contributed by atoms with van der Waals surface area (Å²) in [5.41, 5.74) is 1.58. The highest BCUT2D eigenvalue weighted by Crippen LogP contribution is 2.28.